The topological polar surface area (TPSA) is 55.4 Å². The van der Waals surface area contributed by atoms with E-state index in [9.17, 15) is 9.59 Å². The van der Waals surface area contributed by atoms with Crippen molar-refractivity contribution in [3.05, 3.63) is 29.3 Å². The first-order valence-corrected chi connectivity index (χ1v) is 5.73. The number of ketones is 1. The van der Waals surface area contributed by atoms with Crippen molar-refractivity contribution in [1.29, 1.82) is 0 Å². The first kappa shape index (κ1) is 14.0. The van der Waals surface area contributed by atoms with E-state index < -0.39 is 0 Å². The van der Waals surface area contributed by atoms with Crippen molar-refractivity contribution in [3.63, 3.8) is 0 Å². The molecule has 1 N–H and O–H groups in total. The first-order chi connectivity index (χ1) is 8.69. The van der Waals surface area contributed by atoms with Crippen LogP contribution in [0.4, 0.5) is 5.69 Å². The quantitative estimate of drug-likeness (QED) is 0.477. The van der Waals surface area contributed by atoms with E-state index >= 15 is 0 Å². The minimum Gasteiger partial charge on any atom is -0.495 e. The molecule has 0 unspecified atom stereocenters. The third kappa shape index (κ3) is 2.77. The molecule has 1 aromatic carbocycles. The first-order valence-electron chi connectivity index (χ1n) is 5.73. The Kier molecular flexibility index (Phi) is 5.11. The van der Waals surface area contributed by atoms with Crippen molar-refractivity contribution in [1.82, 2.24) is 0 Å². The smallest absolute Gasteiger partial charge is 0.163 e. The van der Waals surface area contributed by atoms with Gasteiger partial charge in [0.1, 0.15) is 12.0 Å². The van der Waals surface area contributed by atoms with Crippen molar-refractivity contribution >= 4 is 23.8 Å². The van der Waals surface area contributed by atoms with E-state index in [4.69, 9.17) is 4.74 Å². The van der Waals surface area contributed by atoms with E-state index in [-0.39, 0.29) is 5.78 Å². The molecule has 0 aliphatic carbocycles. The Hall–Kier alpha value is -2.10. The molecule has 0 aliphatic heterocycles. The Morgan fingerprint density at radius 1 is 1.44 bits per heavy atom. The van der Waals surface area contributed by atoms with Gasteiger partial charge in [0.05, 0.1) is 12.8 Å². The van der Waals surface area contributed by atoms with Gasteiger partial charge in [-0.2, -0.15) is 0 Å². The molecule has 1 rings (SSSR count). The normalized spacial score (nSPS) is 10.4. The van der Waals surface area contributed by atoms with Gasteiger partial charge in [0.15, 0.2) is 5.78 Å². The minimum atomic E-state index is 0.0275. The summed E-state index contributed by atoms with van der Waals surface area (Å²) in [6.45, 7) is 1.80. The van der Waals surface area contributed by atoms with Crippen LogP contribution in [0.2, 0.25) is 0 Å². The van der Waals surface area contributed by atoms with Gasteiger partial charge < -0.3 is 10.1 Å². The van der Waals surface area contributed by atoms with Crippen molar-refractivity contribution < 1.29 is 14.3 Å². The number of carbonyl (C=O) groups excluding carboxylic acids is 2. The van der Waals surface area contributed by atoms with Gasteiger partial charge in [-0.15, -0.1) is 0 Å². The summed E-state index contributed by atoms with van der Waals surface area (Å²) in [5, 5.41) is 3.00. The van der Waals surface area contributed by atoms with Crippen molar-refractivity contribution in [2.75, 3.05) is 19.5 Å². The lowest BCUT2D eigenvalue weighted by molar-refractivity contribution is -0.104. The molecule has 96 valence electrons. The Labute approximate surface area is 107 Å². The standard InChI is InChI=1S/C14H17NO3/c1-4-12(17)10-7-8-13(18-3)14(15-2)11(10)6-5-9-16/h5-9,15H,4H2,1-3H3/b6-5-. The van der Waals surface area contributed by atoms with Crippen LogP contribution < -0.4 is 10.1 Å². The van der Waals surface area contributed by atoms with Crippen LogP contribution in [0.15, 0.2) is 18.2 Å². The van der Waals surface area contributed by atoms with Gasteiger partial charge in [0.2, 0.25) is 0 Å². The molecule has 0 radical (unpaired) electrons. The van der Waals surface area contributed by atoms with Gasteiger partial charge in [0.25, 0.3) is 0 Å². The van der Waals surface area contributed by atoms with Gasteiger partial charge in [-0.3, -0.25) is 9.59 Å². The van der Waals surface area contributed by atoms with Crippen molar-refractivity contribution in [2.45, 2.75) is 13.3 Å². The maximum absolute atomic E-state index is 11.9. The molecule has 0 aliphatic rings. The molecule has 0 saturated carbocycles. The fourth-order valence-electron chi connectivity index (χ4n) is 1.77. The predicted molar refractivity (Wildman–Crippen MR) is 72.3 cm³/mol. The fourth-order valence-corrected chi connectivity index (χ4v) is 1.77. The van der Waals surface area contributed by atoms with Crippen LogP contribution in [0.25, 0.3) is 6.08 Å². The van der Waals surface area contributed by atoms with Crippen LogP contribution in [0.1, 0.15) is 29.3 Å². The number of hydrogen-bond donors (Lipinski definition) is 1. The maximum Gasteiger partial charge on any atom is 0.163 e. The lowest BCUT2D eigenvalue weighted by Crippen LogP contribution is -2.05. The molecule has 4 nitrogen and oxygen atoms in total. The Morgan fingerprint density at radius 3 is 2.67 bits per heavy atom. The summed E-state index contributed by atoms with van der Waals surface area (Å²) >= 11 is 0. The second kappa shape index (κ2) is 6.59. The molecular formula is C14H17NO3. The van der Waals surface area contributed by atoms with Crippen LogP contribution in [0, 0.1) is 0 Å². The molecule has 1 aromatic rings. The van der Waals surface area contributed by atoms with E-state index in [0.29, 0.717) is 35.3 Å². The zero-order valence-corrected chi connectivity index (χ0v) is 10.8. The number of carbonyl (C=O) groups is 2. The molecule has 0 atom stereocenters. The number of rotatable bonds is 6. The molecule has 0 amide bonds. The van der Waals surface area contributed by atoms with E-state index in [1.54, 1.807) is 39.3 Å². The predicted octanol–water partition coefficient (Wildman–Crippen LogP) is 2.54. The van der Waals surface area contributed by atoms with Crippen LogP contribution in [-0.4, -0.2) is 26.2 Å². The zero-order valence-electron chi connectivity index (χ0n) is 10.8. The number of Topliss-reactive ketones (excluding diaryl/α,β-unsaturated/α-hetero) is 1. The molecule has 0 heterocycles. The van der Waals surface area contributed by atoms with Gasteiger partial charge in [-0.1, -0.05) is 6.92 Å². The second-order valence-electron chi connectivity index (χ2n) is 3.63. The minimum absolute atomic E-state index is 0.0275. The molecule has 0 aromatic heterocycles. The van der Waals surface area contributed by atoms with Gasteiger partial charge in [-0.25, -0.2) is 0 Å². The maximum atomic E-state index is 11.9. The highest BCUT2D eigenvalue weighted by molar-refractivity contribution is 6.02. The summed E-state index contributed by atoms with van der Waals surface area (Å²) in [6, 6.07) is 3.46. The molecule has 4 heteroatoms. The summed E-state index contributed by atoms with van der Waals surface area (Å²) < 4.78 is 5.23. The number of ether oxygens (including phenoxy) is 1. The molecule has 0 bridgehead atoms. The summed E-state index contributed by atoms with van der Waals surface area (Å²) in [5.74, 6) is 0.662. The van der Waals surface area contributed by atoms with Crippen molar-refractivity contribution in [3.8, 4) is 5.75 Å². The van der Waals surface area contributed by atoms with E-state index in [1.807, 2.05) is 0 Å². The molecule has 0 fully saturated rings. The van der Waals surface area contributed by atoms with Gasteiger partial charge in [0, 0.05) is 24.6 Å². The number of benzene rings is 1. The van der Waals surface area contributed by atoms with Crippen LogP contribution >= 0.6 is 0 Å². The monoisotopic (exact) mass is 247 g/mol. The number of aldehydes is 1. The summed E-state index contributed by atoms with van der Waals surface area (Å²) in [7, 11) is 3.31. The number of hydrogen-bond acceptors (Lipinski definition) is 4. The molecule has 18 heavy (non-hydrogen) atoms. The fraction of sp³-hybridized carbons (Fsp3) is 0.286. The highest BCUT2D eigenvalue weighted by Crippen LogP contribution is 2.32. The lowest BCUT2D eigenvalue weighted by atomic mass is 9.99. The third-order valence-electron chi connectivity index (χ3n) is 2.64. The SMILES string of the molecule is CCC(=O)c1ccc(OC)c(NC)c1/C=C\C=O. The Morgan fingerprint density at radius 2 is 2.17 bits per heavy atom. The lowest BCUT2D eigenvalue weighted by Gasteiger charge is -2.14. The van der Waals surface area contributed by atoms with Crippen LogP contribution in [0.3, 0.4) is 0 Å². The number of nitrogens with one attached hydrogen (secondary N) is 1. The third-order valence-corrected chi connectivity index (χ3v) is 2.64. The molecule has 0 spiro atoms. The van der Waals surface area contributed by atoms with Crippen LogP contribution in [-0.2, 0) is 4.79 Å². The number of allylic oxidation sites excluding steroid dienone is 1. The largest absolute Gasteiger partial charge is 0.495 e. The van der Waals surface area contributed by atoms with Crippen molar-refractivity contribution in [2.24, 2.45) is 0 Å². The average molecular weight is 247 g/mol. The zero-order chi connectivity index (χ0) is 13.5. The van der Waals surface area contributed by atoms with E-state index in [1.165, 1.54) is 6.08 Å². The Balaban J connectivity index is 3.48. The second-order valence-corrected chi connectivity index (χ2v) is 3.63. The molecular weight excluding hydrogens is 230 g/mol. The van der Waals surface area contributed by atoms with E-state index in [0.717, 1.165) is 0 Å². The highest BCUT2D eigenvalue weighted by Gasteiger charge is 2.15. The number of methoxy groups -OCH3 is 1. The van der Waals surface area contributed by atoms with E-state index in [2.05, 4.69) is 5.32 Å². The molecule has 0 saturated heterocycles. The van der Waals surface area contributed by atoms with Gasteiger partial charge in [-0.05, 0) is 24.3 Å². The number of anilines is 1. The summed E-state index contributed by atoms with van der Waals surface area (Å²) in [5.41, 5.74) is 1.96. The van der Waals surface area contributed by atoms with Crippen LogP contribution in [0.5, 0.6) is 5.75 Å². The Bertz CT molecular complexity index is 478. The summed E-state index contributed by atoms with van der Waals surface area (Å²) in [6.07, 6.45) is 4.07. The highest BCUT2D eigenvalue weighted by atomic mass is 16.5. The van der Waals surface area contributed by atoms with Gasteiger partial charge >= 0.3 is 0 Å². The average Bonchev–Trinajstić information content (AvgIpc) is 2.42. The summed E-state index contributed by atoms with van der Waals surface area (Å²) in [4.78, 5) is 22.3.